The van der Waals surface area contributed by atoms with Gasteiger partial charge in [0.25, 0.3) is 0 Å². The number of aromatic nitrogens is 2. The SMILES string of the molecule is O=C(NC1CCCc2[nH]ncc21)OCc1ccccc1. The zero-order chi connectivity index (χ0) is 13.8. The maximum atomic E-state index is 11.9. The summed E-state index contributed by atoms with van der Waals surface area (Å²) < 4.78 is 5.24. The molecule has 1 heterocycles. The number of aryl methyl sites for hydroxylation is 1. The van der Waals surface area contributed by atoms with Gasteiger partial charge in [-0.15, -0.1) is 0 Å². The van der Waals surface area contributed by atoms with Gasteiger partial charge in [0.05, 0.1) is 12.2 Å². The second-order valence-electron chi connectivity index (χ2n) is 4.95. The second kappa shape index (κ2) is 5.77. The lowest BCUT2D eigenvalue weighted by Crippen LogP contribution is -2.31. The molecule has 1 aromatic heterocycles. The van der Waals surface area contributed by atoms with E-state index < -0.39 is 0 Å². The van der Waals surface area contributed by atoms with Crippen LogP contribution in [0, 0.1) is 0 Å². The maximum Gasteiger partial charge on any atom is 0.407 e. The van der Waals surface area contributed by atoms with Gasteiger partial charge < -0.3 is 10.1 Å². The zero-order valence-electron chi connectivity index (χ0n) is 11.1. The maximum absolute atomic E-state index is 11.9. The van der Waals surface area contributed by atoms with Gasteiger partial charge in [0, 0.05) is 11.3 Å². The van der Waals surface area contributed by atoms with Gasteiger partial charge in [-0.05, 0) is 24.8 Å². The highest BCUT2D eigenvalue weighted by Crippen LogP contribution is 2.27. The van der Waals surface area contributed by atoms with Crippen molar-refractivity contribution in [2.45, 2.75) is 31.9 Å². The van der Waals surface area contributed by atoms with Crippen LogP contribution in [0.15, 0.2) is 36.5 Å². The van der Waals surface area contributed by atoms with Gasteiger partial charge >= 0.3 is 6.09 Å². The number of aromatic amines is 1. The van der Waals surface area contributed by atoms with Crippen molar-refractivity contribution in [3.8, 4) is 0 Å². The number of nitrogens with one attached hydrogen (secondary N) is 2. The van der Waals surface area contributed by atoms with Gasteiger partial charge in [-0.1, -0.05) is 30.3 Å². The third-order valence-corrected chi connectivity index (χ3v) is 3.55. The number of carbonyl (C=O) groups is 1. The predicted molar refractivity (Wildman–Crippen MR) is 74.0 cm³/mol. The minimum atomic E-state index is -0.382. The Morgan fingerprint density at radius 1 is 1.40 bits per heavy atom. The number of fused-ring (bicyclic) bond motifs is 1. The van der Waals surface area contributed by atoms with E-state index in [1.54, 1.807) is 6.20 Å². The molecule has 0 fully saturated rings. The van der Waals surface area contributed by atoms with Gasteiger partial charge in [0.2, 0.25) is 0 Å². The van der Waals surface area contributed by atoms with E-state index in [9.17, 15) is 4.79 Å². The molecule has 0 aliphatic heterocycles. The average Bonchev–Trinajstić information content (AvgIpc) is 2.96. The summed E-state index contributed by atoms with van der Waals surface area (Å²) in [6.07, 6.45) is 4.36. The lowest BCUT2D eigenvalue weighted by atomic mass is 9.93. The van der Waals surface area contributed by atoms with Crippen molar-refractivity contribution < 1.29 is 9.53 Å². The van der Waals surface area contributed by atoms with Crippen molar-refractivity contribution in [3.63, 3.8) is 0 Å². The summed E-state index contributed by atoms with van der Waals surface area (Å²) >= 11 is 0. The molecule has 1 aliphatic rings. The van der Waals surface area contributed by atoms with Crippen LogP contribution in [0.5, 0.6) is 0 Å². The first-order valence-corrected chi connectivity index (χ1v) is 6.82. The number of nitrogens with zero attached hydrogens (tertiary/aromatic N) is 1. The molecule has 0 bridgehead atoms. The molecule has 5 heteroatoms. The Balaban J connectivity index is 1.55. The number of ether oxygens (including phenoxy) is 1. The molecule has 0 saturated carbocycles. The molecule has 1 amide bonds. The molecule has 5 nitrogen and oxygen atoms in total. The van der Waals surface area contributed by atoms with Crippen LogP contribution in [0.25, 0.3) is 0 Å². The molecular weight excluding hydrogens is 254 g/mol. The molecular formula is C15H17N3O2. The molecule has 1 atom stereocenters. The van der Waals surface area contributed by atoms with E-state index in [1.165, 1.54) is 0 Å². The Kier molecular flexibility index (Phi) is 3.67. The van der Waals surface area contributed by atoms with E-state index in [0.717, 1.165) is 36.1 Å². The van der Waals surface area contributed by atoms with E-state index >= 15 is 0 Å². The standard InChI is InChI=1S/C15H17N3O2/c19-15(20-10-11-5-2-1-3-6-11)17-13-7-4-8-14-12(13)9-16-18-14/h1-3,5-6,9,13H,4,7-8,10H2,(H,16,18)(H,17,19). The van der Waals surface area contributed by atoms with Crippen LogP contribution >= 0.6 is 0 Å². The van der Waals surface area contributed by atoms with Crippen LogP contribution < -0.4 is 5.32 Å². The van der Waals surface area contributed by atoms with Crippen molar-refractivity contribution in [2.24, 2.45) is 0 Å². The number of H-pyrrole nitrogens is 1. The fraction of sp³-hybridized carbons (Fsp3) is 0.333. The highest BCUT2D eigenvalue weighted by atomic mass is 16.5. The largest absolute Gasteiger partial charge is 0.445 e. The van der Waals surface area contributed by atoms with Crippen molar-refractivity contribution in [1.29, 1.82) is 0 Å². The number of amides is 1. The fourth-order valence-electron chi connectivity index (χ4n) is 2.52. The van der Waals surface area contributed by atoms with Crippen LogP contribution in [0.2, 0.25) is 0 Å². The Labute approximate surface area is 117 Å². The molecule has 3 rings (SSSR count). The number of rotatable bonds is 3. The number of alkyl carbamates (subject to hydrolysis) is 1. The Hall–Kier alpha value is -2.30. The monoisotopic (exact) mass is 271 g/mol. The van der Waals surface area contributed by atoms with Crippen molar-refractivity contribution in [1.82, 2.24) is 15.5 Å². The summed E-state index contributed by atoms with van der Waals surface area (Å²) in [6.45, 7) is 0.289. The molecule has 0 saturated heterocycles. The summed E-state index contributed by atoms with van der Waals surface area (Å²) in [5, 5.41) is 9.92. The van der Waals surface area contributed by atoms with E-state index in [4.69, 9.17) is 4.74 Å². The van der Waals surface area contributed by atoms with E-state index in [-0.39, 0.29) is 18.7 Å². The van der Waals surface area contributed by atoms with Crippen molar-refractivity contribution >= 4 is 6.09 Å². The van der Waals surface area contributed by atoms with Crippen LogP contribution in [-0.4, -0.2) is 16.3 Å². The fourth-order valence-corrected chi connectivity index (χ4v) is 2.52. The molecule has 1 unspecified atom stereocenters. The first-order chi connectivity index (χ1) is 9.83. The summed E-state index contributed by atoms with van der Waals surface area (Å²) in [5.41, 5.74) is 3.17. The summed E-state index contributed by atoms with van der Waals surface area (Å²) in [7, 11) is 0. The van der Waals surface area contributed by atoms with Gasteiger partial charge in [0.15, 0.2) is 0 Å². The first kappa shape index (κ1) is 12.7. The molecule has 1 aliphatic carbocycles. The molecule has 20 heavy (non-hydrogen) atoms. The molecule has 0 spiro atoms. The van der Waals surface area contributed by atoms with Crippen molar-refractivity contribution in [2.75, 3.05) is 0 Å². The Bertz CT molecular complexity index is 580. The van der Waals surface area contributed by atoms with Crippen LogP contribution in [0.4, 0.5) is 4.79 Å². The summed E-state index contributed by atoms with van der Waals surface area (Å²) in [4.78, 5) is 11.9. The smallest absolute Gasteiger partial charge is 0.407 e. The number of carbonyl (C=O) groups excluding carboxylic acids is 1. The van der Waals surface area contributed by atoms with Crippen molar-refractivity contribution in [3.05, 3.63) is 53.3 Å². The Morgan fingerprint density at radius 3 is 3.10 bits per heavy atom. The quantitative estimate of drug-likeness (QED) is 0.902. The summed E-state index contributed by atoms with van der Waals surface area (Å²) in [5.74, 6) is 0. The second-order valence-corrected chi connectivity index (χ2v) is 4.95. The number of hydrogen-bond acceptors (Lipinski definition) is 3. The molecule has 2 aromatic rings. The third-order valence-electron chi connectivity index (χ3n) is 3.55. The summed E-state index contributed by atoms with van der Waals surface area (Å²) in [6, 6.07) is 9.65. The average molecular weight is 271 g/mol. The van der Waals surface area contributed by atoms with Gasteiger partial charge in [-0.3, -0.25) is 5.10 Å². The van der Waals surface area contributed by atoms with Crippen LogP contribution in [0.1, 0.15) is 35.7 Å². The number of hydrogen-bond donors (Lipinski definition) is 2. The topological polar surface area (TPSA) is 67.0 Å². The van der Waals surface area contributed by atoms with Gasteiger partial charge in [-0.2, -0.15) is 5.10 Å². The van der Waals surface area contributed by atoms with Gasteiger partial charge in [-0.25, -0.2) is 4.79 Å². The number of benzene rings is 1. The predicted octanol–water partition coefficient (Wildman–Crippen LogP) is 2.71. The van der Waals surface area contributed by atoms with Crippen LogP contribution in [0.3, 0.4) is 0 Å². The normalized spacial score (nSPS) is 17.3. The molecule has 104 valence electrons. The molecule has 2 N–H and O–H groups in total. The van der Waals surface area contributed by atoms with E-state index in [1.807, 2.05) is 30.3 Å². The highest BCUT2D eigenvalue weighted by molar-refractivity contribution is 5.68. The Morgan fingerprint density at radius 2 is 2.25 bits per heavy atom. The minimum absolute atomic E-state index is 0.000716. The van der Waals surface area contributed by atoms with Gasteiger partial charge in [0.1, 0.15) is 6.61 Å². The van der Waals surface area contributed by atoms with E-state index in [0.29, 0.717) is 0 Å². The van der Waals surface area contributed by atoms with Crippen LogP contribution in [-0.2, 0) is 17.8 Å². The van der Waals surface area contributed by atoms with E-state index in [2.05, 4.69) is 15.5 Å². The zero-order valence-corrected chi connectivity index (χ0v) is 11.1. The third kappa shape index (κ3) is 2.82. The lowest BCUT2D eigenvalue weighted by Gasteiger charge is -2.22. The molecule has 1 aromatic carbocycles. The first-order valence-electron chi connectivity index (χ1n) is 6.82. The minimum Gasteiger partial charge on any atom is -0.445 e. The highest BCUT2D eigenvalue weighted by Gasteiger charge is 2.23. The molecule has 0 radical (unpaired) electrons. The lowest BCUT2D eigenvalue weighted by molar-refractivity contribution is 0.134.